The maximum atomic E-state index is 12.3. The number of amides is 1. The Morgan fingerprint density at radius 2 is 1.70 bits per heavy atom. The number of aliphatic hydroxyl groups is 1. The molecule has 1 unspecified atom stereocenters. The molecular formula is C24H22N4O2. The normalized spacial score (nSPS) is 11.8. The zero-order chi connectivity index (χ0) is 20.8. The van der Waals surface area contributed by atoms with Gasteiger partial charge in [-0.05, 0) is 52.9 Å². The Labute approximate surface area is 174 Å². The number of nitrogens with zero attached hydrogens (tertiary/aromatic N) is 2. The predicted molar refractivity (Wildman–Crippen MR) is 118 cm³/mol. The fourth-order valence-corrected chi connectivity index (χ4v) is 3.23. The maximum absolute atomic E-state index is 12.3. The average molecular weight is 398 g/mol. The molecule has 0 aliphatic rings. The smallest absolute Gasteiger partial charge is 0.243 e. The van der Waals surface area contributed by atoms with Crippen LogP contribution in [0.2, 0.25) is 0 Å². The molecule has 1 atom stereocenters. The van der Waals surface area contributed by atoms with E-state index in [1.165, 1.54) is 0 Å². The summed E-state index contributed by atoms with van der Waals surface area (Å²) in [6.07, 6.45) is 6.89. The Morgan fingerprint density at radius 1 is 0.900 bits per heavy atom. The van der Waals surface area contributed by atoms with Gasteiger partial charge in [-0.25, -0.2) is 0 Å². The second-order valence-electron chi connectivity index (χ2n) is 7.04. The Morgan fingerprint density at radius 3 is 2.50 bits per heavy atom. The molecule has 6 nitrogen and oxygen atoms in total. The minimum absolute atomic E-state index is 0.135. The van der Waals surface area contributed by atoms with Gasteiger partial charge in [0.25, 0.3) is 0 Å². The molecule has 4 aromatic rings. The molecule has 0 aliphatic heterocycles. The van der Waals surface area contributed by atoms with Gasteiger partial charge in [0.1, 0.15) is 0 Å². The van der Waals surface area contributed by atoms with Crippen LogP contribution in [0.15, 0.2) is 85.5 Å². The molecule has 2 heterocycles. The lowest BCUT2D eigenvalue weighted by atomic mass is 10.0. The average Bonchev–Trinajstić information content (AvgIpc) is 2.78. The highest BCUT2D eigenvalue weighted by Gasteiger charge is 2.09. The summed E-state index contributed by atoms with van der Waals surface area (Å²) in [5.41, 5.74) is 3.36. The van der Waals surface area contributed by atoms with Crippen LogP contribution in [0.25, 0.3) is 10.8 Å². The minimum atomic E-state index is -0.602. The summed E-state index contributed by atoms with van der Waals surface area (Å²) in [4.78, 5) is 20.4. The number of hydrogen-bond acceptors (Lipinski definition) is 5. The molecule has 0 fully saturated rings. The van der Waals surface area contributed by atoms with Crippen molar-refractivity contribution < 1.29 is 9.90 Å². The largest absolute Gasteiger partial charge is 0.388 e. The Bertz CT molecular complexity index is 1130. The quantitative estimate of drug-likeness (QED) is 0.439. The molecule has 30 heavy (non-hydrogen) atoms. The van der Waals surface area contributed by atoms with Crippen molar-refractivity contribution in [3.63, 3.8) is 0 Å². The Hall–Kier alpha value is -3.77. The van der Waals surface area contributed by atoms with E-state index in [4.69, 9.17) is 0 Å². The number of hydrogen-bond donors (Lipinski definition) is 3. The summed E-state index contributed by atoms with van der Waals surface area (Å²) in [5, 5.41) is 18.5. The first kappa shape index (κ1) is 19.5. The number of carbonyl (C=O) groups excluding carboxylic acids is 1. The van der Waals surface area contributed by atoms with Crippen LogP contribution in [0.4, 0.5) is 11.4 Å². The zero-order valence-corrected chi connectivity index (χ0v) is 16.3. The third kappa shape index (κ3) is 4.98. The van der Waals surface area contributed by atoms with E-state index in [9.17, 15) is 9.90 Å². The zero-order valence-electron chi connectivity index (χ0n) is 16.3. The number of nitrogens with one attached hydrogen (secondary N) is 2. The first-order valence-corrected chi connectivity index (χ1v) is 9.72. The third-order valence-corrected chi connectivity index (χ3v) is 4.82. The van der Waals surface area contributed by atoms with Crippen LogP contribution in [-0.4, -0.2) is 27.5 Å². The number of aliphatic hydroxyl groups excluding tert-OH is 1. The molecule has 0 aliphatic carbocycles. The first-order valence-electron chi connectivity index (χ1n) is 9.72. The van der Waals surface area contributed by atoms with Gasteiger partial charge in [0.2, 0.25) is 5.91 Å². The van der Waals surface area contributed by atoms with Crippen LogP contribution < -0.4 is 10.6 Å². The molecule has 150 valence electrons. The lowest BCUT2D eigenvalue weighted by Crippen LogP contribution is -2.21. The van der Waals surface area contributed by atoms with E-state index in [1.54, 1.807) is 24.8 Å². The molecule has 0 saturated carbocycles. The van der Waals surface area contributed by atoms with Gasteiger partial charge >= 0.3 is 0 Å². The van der Waals surface area contributed by atoms with Gasteiger partial charge in [-0.3, -0.25) is 14.8 Å². The predicted octanol–water partition coefficient (Wildman–Crippen LogP) is 3.96. The number of aromatic nitrogens is 2. The fraction of sp³-hybridized carbons (Fsp3) is 0.125. The Balaban J connectivity index is 1.30. The van der Waals surface area contributed by atoms with Crippen LogP contribution in [0.5, 0.6) is 0 Å². The molecule has 4 rings (SSSR count). The number of pyridine rings is 2. The van der Waals surface area contributed by atoms with Crippen molar-refractivity contribution in [2.24, 2.45) is 0 Å². The van der Waals surface area contributed by atoms with E-state index in [0.29, 0.717) is 6.42 Å². The molecule has 3 N–H and O–H groups in total. The van der Waals surface area contributed by atoms with Crippen LogP contribution in [0, 0.1) is 0 Å². The van der Waals surface area contributed by atoms with Crippen molar-refractivity contribution in [3.8, 4) is 0 Å². The second-order valence-corrected chi connectivity index (χ2v) is 7.04. The monoisotopic (exact) mass is 398 g/mol. The second kappa shape index (κ2) is 9.15. The van der Waals surface area contributed by atoms with Gasteiger partial charge in [-0.1, -0.05) is 24.3 Å². The van der Waals surface area contributed by atoms with Crippen molar-refractivity contribution >= 4 is 28.1 Å². The summed E-state index contributed by atoms with van der Waals surface area (Å²) in [6.45, 7) is 0.145. The van der Waals surface area contributed by atoms with E-state index in [2.05, 4.69) is 20.6 Å². The highest BCUT2D eigenvalue weighted by Crippen LogP contribution is 2.20. The Kier molecular flexibility index (Phi) is 5.96. The number of carbonyl (C=O) groups is 1. The van der Waals surface area contributed by atoms with Crippen LogP contribution in [0.3, 0.4) is 0 Å². The molecule has 0 bridgehead atoms. The lowest BCUT2D eigenvalue weighted by molar-refractivity contribution is -0.114. The molecule has 2 aromatic heterocycles. The molecule has 6 heteroatoms. The molecule has 1 amide bonds. The van der Waals surface area contributed by atoms with Crippen molar-refractivity contribution in [2.45, 2.75) is 12.5 Å². The van der Waals surface area contributed by atoms with E-state index >= 15 is 0 Å². The highest BCUT2D eigenvalue weighted by molar-refractivity contribution is 5.96. The van der Waals surface area contributed by atoms with Crippen LogP contribution in [-0.2, 0) is 11.2 Å². The summed E-state index contributed by atoms with van der Waals surface area (Å²) in [6, 6.07) is 18.9. The van der Waals surface area contributed by atoms with Crippen molar-refractivity contribution in [3.05, 3.63) is 96.6 Å². The van der Waals surface area contributed by atoms with E-state index in [0.717, 1.165) is 33.3 Å². The summed E-state index contributed by atoms with van der Waals surface area (Å²) in [7, 11) is 0. The van der Waals surface area contributed by atoms with E-state index in [-0.39, 0.29) is 12.5 Å². The van der Waals surface area contributed by atoms with Crippen LogP contribution in [0.1, 0.15) is 17.2 Å². The van der Waals surface area contributed by atoms with E-state index < -0.39 is 6.10 Å². The van der Waals surface area contributed by atoms with Gasteiger partial charge in [-0.15, -0.1) is 0 Å². The van der Waals surface area contributed by atoms with Crippen molar-refractivity contribution in [1.29, 1.82) is 0 Å². The molecule has 0 radical (unpaired) electrons. The van der Waals surface area contributed by atoms with Crippen LogP contribution >= 0.6 is 0 Å². The third-order valence-electron chi connectivity index (χ3n) is 4.82. The number of anilines is 2. The SMILES string of the molecule is O=C(CNc1ccc(C(O)Cc2cccnc2)cc1)Nc1ccc2cnccc2c1. The molecular weight excluding hydrogens is 376 g/mol. The van der Waals surface area contributed by atoms with Gasteiger partial charge in [0, 0.05) is 48.0 Å². The summed E-state index contributed by atoms with van der Waals surface area (Å²) < 4.78 is 0. The van der Waals surface area contributed by atoms with Gasteiger partial charge < -0.3 is 15.7 Å². The first-order chi connectivity index (χ1) is 14.7. The maximum Gasteiger partial charge on any atom is 0.243 e. The van der Waals surface area contributed by atoms with Gasteiger partial charge in [-0.2, -0.15) is 0 Å². The number of benzene rings is 2. The molecule has 0 spiro atoms. The fourth-order valence-electron chi connectivity index (χ4n) is 3.23. The molecule has 0 saturated heterocycles. The van der Waals surface area contributed by atoms with Gasteiger partial charge in [0.05, 0.1) is 12.6 Å². The number of rotatable bonds is 7. The number of fused-ring (bicyclic) bond motifs is 1. The summed E-state index contributed by atoms with van der Waals surface area (Å²) in [5.74, 6) is -0.135. The summed E-state index contributed by atoms with van der Waals surface area (Å²) >= 11 is 0. The van der Waals surface area contributed by atoms with Crippen molar-refractivity contribution in [2.75, 3.05) is 17.2 Å². The molecule has 2 aromatic carbocycles. The van der Waals surface area contributed by atoms with Crippen molar-refractivity contribution in [1.82, 2.24) is 9.97 Å². The topological polar surface area (TPSA) is 87.1 Å². The lowest BCUT2D eigenvalue weighted by Gasteiger charge is -2.12. The van der Waals surface area contributed by atoms with Gasteiger partial charge in [0.15, 0.2) is 0 Å². The minimum Gasteiger partial charge on any atom is -0.388 e. The standard InChI is InChI=1S/C24H22N4O2/c29-23(12-17-2-1-10-25-14-17)18-3-6-21(7-4-18)27-16-24(30)28-22-8-5-20-15-26-11-9-19(20)13-22/h1-11,13-15,23,27,29H,12,16H2,(H,28,30). The van der Waals surface area contributed by atoms with E-state index in [1.807, 2.05) is 60.7 Å². The highest BCUT2D eigenvalue weighted by atomic mass is 16.3.